The minimum atomic E-state index is -0.154. The summed E-state index contributed by atoms with van der Waals surface area (Å²) in [6, 6.07) is 10.3. The van der Waals surface area contributed by atoms with Crippen molar-refractivity contribution in [3.63, 3.8) is 0 Å². The van der Waals surface area contributed by atoms with E-state index in [1.807, 2.05) is 0 Å². The van der Waals surface area contributed by atoms with Gasteiger partial charge in [0.05, 0.1) is 0 Å². The molecule has 1 amide bonds. The topological polar surface area (TPSA) is 69.6 Å². The van der Waals surface area contributed by atoms with Crippen LogP contribution in [0.5, 0.6) is 5.75 Å². The first kappa shape index (κ1) is 12.4. The van der Waals surface area contributed by atoms with Crippen LogP contribution in [-0.4, -0.2) is 29.3 Å². The van der Waals surface area contributed by atoms with Crippen molar-refractivity contribution in [2.45, 2.75) is 6.42 Å². The van der Waals surface area contributed by atoms with Crippen LogP contribution in [0.4, 0.5) is 0 Å². The van der Waals surface area contributed by atoms with Crippen LogP contribution in [0.1, 0.15) is 16.8 Å². The number of rotatable bonds is 4. The fourth-order valence-corrected chi connectivity index (χ4v) is 1.76. The lowest BCUT2D eigenvalue weighted by Crippen LogP contribution is -2.24. The monoisotopic (exact) mass is 245 g/mol. The summed E-state index contributed by atoms with van der Waals surface area (Å²) >= 11 is 0. The Morgan fingerprint density at radius 2 is 1.83 bits per heavy atom. The molecule has 2 rings (SSSR count). The van der Waals surface area contributed by atoms with Gasteiger partial charge in [-0.2, -0.15) is 0 Å². The Bertz CT molecular complexity index is 566. The van der Waals surface area contributed by atoms with E-state index in [4.69, 9.17) is 5.11 Å². The van der Waals surface area contributed by atoms with Crippen LogP contribution in [0, 0.1) is 0 Å². The molecule has 0 aliphatic rings. The molecule has 0 saturated carbocycles. The number of phenolic OH excluding ortho intramolecular Hbond substituents is 1. The summed E-state index contributed by atoms with van der Waals surface area (Å²) in [5.74, 6) is 0.0565. The van der Waals surface area contributed by atoms with Crippen LogP contribution in [-0.2, 0) is 0 Å². The van der Waals surface area contributed by atoms with Crippen LogP contribution >= 0.6 is 0 Å². The van der Waals surface area contributed by atoms with Crippen molar-refractivity contribution >= 4 is 16.7 Å². The first-order chi connectivity index (χ1) is 8.70. The van der Waals surface area contributed by atoms with Gasteiger partial charge in [0.1, 0.15) is 5.75 Å². The Balaban J connectivity index is 2.19. The zero-order valence-electron chi connectivity index (χ0n) is 9.89. The third-order valence-corrected chi connectivity index (χ3v) is 2.71. The number of aromatic hydroxyl groups is 1. The molecule has 2 aromatic carbocycles. The van der Waals surface area contributed by atoms with E-state index in [1.165, 1.54) is 0 Å². The Kier molecular flexibility index (Phi) is 3.79. The molecule has 4 heteroatoms. The lowest BCUT2D eigenvalue weighted by atomic mass is 10.1. The number of carbonyl (C=O) groups excluding carboxylic acids is 1. The van der Waals surface area contributed by atoms with E-state index in [0.717, 1.165) is 10.8 Å². The van der Waals surface area contributed by atoms with Gasteiger partial charge in [0.2, 0.25) is 0 Å². The number of phenols is 1. The van der Waals surface area contributed by atoms with Crippen LogP contribution in [0.2, 0.25) is 0 Å². The number of nitrogens with one attached hydrogen (secondary N) is 1. The fourth-order valence-electron chi connectivity index (χ4n) is 1.76. The van der Waals surface area contributed by atoms with Crippen molar-refractivity contribution in [3.05, 3.63) is 42.0 Å². The number of amides is 1. The number of hydrogen-bond acceptors (Lipinski definition) is 3. The first-order valence-electron chi connectivity index (χ1n) is 5.82. The summed E-state index contributed by atoms with van der Waals surface area (Å²) in [5.41, 5.74) is 0.575. The summed E-state index contributed by atoms with van der Waals surface area (Å²) in [7, 11) is 0. The Labute approximate surface area is 105 Å². The Morgan fingerprint density at radius 1 is 1.11 bits per heavy atom. The van der Waals surface area contributed by atoms with Gasteiger partial charge in [0.25, 0.3) is 5.91 Å². The van der Waals surface area contributed by atoms with Crippen LogP contribution in [0.3, 0.4) is 0 Å². The number of fused-ring (bicyclic) bond motifs is 1. The predicted octanol–water partition coefficient (Wildman–Crippen LogP) is 1.66. The van der Waals surface area contributed by atoms with Crippen molar-refractivity contribution in [1.82, 2.24) is 5.32 Å². The third-order valence-electron chi connectivity index (χ3n) is 2.71. The van der Waals surface area contributed by atoms with Gasteiger partial charge in [-0.3, -0.25) is 4.79 Å². The molecule has 4 nitrogen and oxygen atoms in total. The highest BCUT2D eigenvalue weighted by molar-refractivity contribution is 5.98. The van der Waals surface area contributed by atoms with E-state index >= 15 is 0 Å². The highest BCUT2D eigenvalue weighted by Crippen LogP contribution is 2.20. The molecule has 0 aliphatic carbocycles. The lowest BCUT2D eigenvalue weighted by Gasteiger charge is -2.05. The molecule has 0 saturated heterocycles. The van der Waals surface area contributed by atoms with Gasteiger partial charge in [-0.25, -0.2) is 0 Å². The quantitative estimate of drug-likeness (QED) is 0.717. The van der Waals surface area contributed by atoms with Gasteiger partial charge >= 0.3 is 0 Å². The van der Waals surface area contributed by atoms with Gasteiger partial charge in [0, 0.05) is 18.7 Å². The molecule has 0 spiro atoms. The summed E-state index contributed by atoms with van der Waals surface area (Å²) < 4.78 is 0. The van der Waals surface area contributed by atoms with Gasteiger partial charge in [0.15, 0.2) is 0 Å². The van der Waals surface area contributed by atoms with E-state index in [9.17, 15) is 9.90 Å². The molecule has 0 heterocycles. The van der Waals surface area contributed by atoms with Gasteiger partial charge in [-0.15, -0.1) is 0 Å². The summed E-state index contributed by atoms with van der Waals surface area (Å²) in [6.07, 6.45) is 0.549. The molecular weight excluding hydrogens is 230 g/mol. The number of aliphatic hydroxyl groups is 1. The van der Waals surface area contributed by atoms with E-state index in [1.54, 1.807) is 36.4 Å². The number of benzene rings is 2. The molecule has 0 fully saturated rings. The van der Waals surface area contributed by atoms with Crippen LogP contribution in [0.15, 0.2) is 36.4 Å². The summed E-state index contributed by atoms with van der Waals surface area (Å²) in [6.45, 7) is 0.528. The zero-order chi connectivity index (χ0) is 13.0. The van der Waals surface area contributed by atoms with Gasteiger partial charge < -0.3 is 15.5 Å². The molecule has 3 N–H and O–H groups in total. The maximum absolute atomic E-state index is 11.8. The average Bonchev–Trinajstić information content (AvgIpc) is 2.38. The summed E-state index contributed by atoms with van der Waals surface area (Å²) in [5, 5.41) is 22.5. The normalized spacial score (nSPS) is 10.5. The second-order valence-corrected chi connectivity index (χ2v) is 4.08. The number of carbonyl (C=O) groups is 1. The minimum Gasteiger partial charge on any atom is -0.508 e. The van der Waals surface area contributed by atoms with Crippen molar-refractivity contribution < 1.29 is 15.0 Å². The zero-order valence-corrected chi connectivity index (χ0v) is 9.89. The van der Waals surface area contributed by atoms with Crippen molar-refractivity contribution in [2.75, 3.05) is 13.2 Å². The molecule has 2 aromatic rings. The van der Waals surface area contributed by atoms with Gasteiger partial charge in [-0.05, 0) is 41.5 Å². The second-order valence-electron chi connectivity index (χ2n) is 4.08. The standard InChI is InChI=1S/C14H15NO3/c16-7-1-6-15-14(18)12-3-2-11-9-13(17)5-4-10(11)8-12/h2-5,8-9,16-17H,1,6-7H2,(H,15,18). The second kappa shape index (κ2) is 5.51. The lowest BCUT2D eigenvalue weighted by molar-refractivity contribution is 0.0951. The van der Waals surface area contributed by atoms with Crippen LogP contribution in [0.25, 0.3) is 10.8 Å². The Hall–Kier alpha value is -2.07. The number of hydrogen-bond donors (Lipinski definition) is 3. The van der Waals surface area contributed by atoms with E-state index in [2.05, 4.69) is 5.32 Å². The van der Waals surface area contributed by atoms with Crippen LogP contribution < -0.4 is 5.32 Å². The average molecular weight is 245 g/mol. The molecule has 18 heavy (non-hydrogen) atoms. The van der Waals surface area contributed by atoms with Gasteiger partial charge in [-0.1, -0.05) is 12.1 Å². The largest absolute Gasteiger partial charge is 0.508 e. The molecule has 94 valence electrons. The highest BCUT2D eigenvalue weighted by atomic mass is 16.3. The molecule has 0 atom stereocenters. The molecule has 0 radical (unpaired) electrons. The van der Waals surface area contributed by atoms with E-state index in [-0.39, 0.29) is 18.3 Å². The minimum absolute atomic E-state index is 0.0667. The molecular formula is C14H15NO3. The smallest absolute Gasteiger partial charge is 0.251 e. The van der Waals surface area contributed by atoms with E-state index in [0.29, 0.717) is 18.5 Å². The SMILES string of the molecule is O=C(NCCCO)c1ccc2cc(O)ccc2c1. The maximum Gasteiger partial charge on any atom is 0.251 e. The van der Waals surface area contributed by atoms with Crippen molar-refractivity contribution in [1.29, 1.82) is 0 Å². The molecule has 0 unspecified atom stereocenters. The fraction of sp³-hybridized carbons (Fsp3) is 0.214. The first-order valence-corrected chi connectivity index (χ1v) is 5.82. The molecule has 0 aliphatic heterocycles. The molecule has 0 bridgehead atoms. The van der Waals surface area contributed by atoms with Crippen molar-refractivity contribution in [2.24, 2.45) is 0 Å². The Morgan fingerprint density at radius 3 is 2.61 bits per heavy atom. The number of aliphatic hydroxyl groups excluding tert-OH is 1. The molecule has 0 aromatic heterocycles. The van der Waals surface area contributed by atoms with Crippen molar-refractivity contribution in [3.8, 4) is 5.75 Å². The van der Waals surface area contributed by atoms with E-state index < -0.39 is 0 Å². The highest BCUT2D eigenvalue weighted by Gasteiger charge is 2.05. The summed E-state index contributed by atoms with van der Waals surface area (Å²) in [4.78, 5) is 11.8. The maximum atomic E-state index is 11.8. The predicted molar refractivity (Wildman–Crippen MR) is 69.6 cm³/mol. The third kappa shape index (κ3) is 2.78.